The highest BCUT2D eigenvalue weighted by Gasteiger charge is 2.29. The molecule has 0 atom stereocenters. The van der Waals surface area contributed by atoms with Crippen molar-refractivity contribution in [1.29, 1.82) is 0 Å². The van der Waals surface area contributed by atoms with Crippen LogP contribution in [0.5, 0.6) is 0 Å². The van der Waals surface area contributed by atoms with Crippen molar-refractivity contribution >= 4 is 92.5 Å². The van der Waals surface area contributed by atoms with E-state index in [1.807, 2.05) is 53.7 Å². The Hall–Kier alpha value is -7.16. The van der Waals surface area contributed by atoms with Gasteiger partial charge in [-0.2, -0.15) is 0 Å². The number of carbonyl (C=O) groups is 6. The van der Waals surface area contributed by atoms with Gasteiger partial charge in [-0.1, -0.05) is 76.9 Å². The molecule has 7 rings (SSSR count). The first-order chi connectivity index (χ1) is 32.0. The molecule has 8 bridgehead atoms. The minimum atomic E-state index is -1.10. The summed E-state index contributed by atoms with van der Waals surface area (Å²) in [5.41, 5.74) is 7.13. The van der Waals surface area contributed by atoms with Crippen LogP contribution >= 0.6 is 23.2 Å². The van der Waals surface area contributed by atoms with Crippen LogP contribution in [0.1, 0.15) is 110 Å². The molecule has 0 fully saturated rings. The van der Waals surface area contributed by atoms with Gasteiger partial charge in [0.15, 0.2) is 11.6 Å². The topological polar surface area (TPSA) is 216 Å². The third-order valence-corrected chi connectivity index (χ3v) is 12.1. The van der Waals surface area contributed by atoms with E-state index in [9.17, 15) is 28.8 Å². The summed E-state index contributed by atoms with van der Waals surface area (Å²) in [5, 5.41) is 23.8. The molecule has 2 aromatic rings. The molecule has 4 N–H and O–H groups in total. The fraction of sp³-hybridized carbons (Fsp3) is 0.269. The number of allylic oxidation sites excluding steroid dienone is 12. The Balaban J connectivity index is 1.35. The molecule has 5 aliphatic heterocycles. The average molecular weight is 956 g/mol. The molecular weight excluding hydrogens is 908 g/mol. The van der Waals surface area contributed by atoms with Crippen LogP contribution in [0.15, 0.2) is 138 Å². The number of amides is 2. The van der Waals surface area contributed by atoms with Crippen molar-refractivity contribution in [3.8, 4) is 0 Å². The summed E-state index contributed by atoms with van der Waals surface area (Å²) in [7, 11) is 0. The average Bonchev–Trinajstić information content (AvgIpc) is 4.14. The maximum absolute atomic E-state index is 13.7. The van der Waals surface area contributed by atoms with Gasteiger partial charge in [-0.15, -0.1) is 0 Å². The van der Waals surface area contributed by atoms with Gasteiger partial charge in [0.2, 0.25) is 0 Å². The Bertz CT molecular complexity index is 2810. The largest absolute Gasteiger partial charge is 0.481 e. The molecule has 14 nitrogen and oxygen atoms in total. The number of carbonyl (C=O) groups excluding carboxylic acids is 4. The molecule has 0 saturated carbocycles. The standard InChI is InChI=1S/C52H48Cl2N6O8/c1-51(2,3)31-21-27(19-29(23-31)49(67)55-25-33(61)7-17-43(63)64)45-35-9-13-39(57-35)47(53)41-15-11-37(59-41)46(38-12-16-42(60-38)48(54)40-14-10-36(45)58-40)28-20-30(24-32(22-28)52(4,5)6)50(68)56-26-34(62)8-18-44(65)66/h9-16,19-24H,7-8,17-18,25-26H2,1-6H3,(H,55,67)(H,56,68)(H,63,64)(H,65,66). The zero-order valence-corrected chi connectivity index (χ0v) is 39.7. The molecule has 0 radical (unpaired) electrons. The van der Waals surface area contributed by atoms with Crippen LogP contribution < -0.4 is 10.6 Å². The van der Waals surface area contributed by atoms with E-state index in [2.05, 4.69) is 10.6 Å². The van der Waals surface area contributed by atoms with E-state index in [1.54, 1.807) is 72.9 Å². The van der Waals surface area contributed by atoms with Crippen LogP contribution in [0.4, 0.5) is 0 Å². The van der Waals surface area contributed by atoms with Crippen molar-refractivity contribution in [2.45, 2.75) is 78.1 Å². The highest BCUT2D eigenvalue weighted by molar-refractivity contribution is 6.48. The van der Waals surface area contributed by atoms with Crippen molar-refractivity contribution < 1.29 is 39.0 Å². The lowest BCUT2D eigenvalue weighted by Crippen LogP contribution is -2.30. The summed E-state index contributed by atoms with van der Waals surface area (Å²) in [4.78, 5) is 94.2. The fourth-order valence-corrected chi connectivity index (χ4v) is 7.94. The predicted octanol–water partition coefficient (Wildman–Crippen LogP) is 8.69. The van der Waals surface area contributed by atoms with Gasteiger partial charge in [0, 0.05) is 35.1 Å². The van der Waals surface area contributed by atoms with Gasteiger partial charge in [0.1, 0.15) is 0 Å². The second-order valence-electron chi connectivity index (χ2n) is 18.6. The Morgan fingerprint density at radius 2 is 0.809 bits per heavy atom. The zero-order chi connectivity index (χ0) is 49.2. The molecule has 2 amide bonds. The molecule has 68 heavy (non-hydrogen) atoms. The first kappa shape index (κ1) is 48.8. The lowest BCUT2D eigenvalue weighted by Gasteiger charge is -2.22. The second kappa shape index (κ2) is 19.6. The highest BCUT2D eigenvalue weighted by atomic mass is 35.5. The Morgan fingerprint density at radius 3 is 1.16 bits per heavy atom. The van der Waals surface area contributed by atoms with Gasteiger partial charge < -0.3 is 20.8 Å². The maximum Gasteiger partial charge on any atom is 0.303 e. The summed E-state index contributed by atoms with van der Waals surface area (Å²) < 4.78 is 0. The number of carboxylic acids is 2. The van der Waals surface area contributed by atoms with Crippen molar-refractivity contribution in [3.05, 3.63) is 151 Å². The molecule has 5 heterocycles. The summed E-state index contributed by atoms with van der Waals surface area (Å²) in [6.45, 7) is 11.4. The molecule has 0 spiro atoms. The smallest absolute Gasteiger partial charge is 0.303 e. The number of carboxylic acid groups (broad SMARTS) is 2. The Morgan fingerprint density at radius 1 is 0.471 bits per heavy atom. The lowest BCUT2D eigenvalue weighted by molar-refractivity contribution is -0.139. The fourth-order valence-electron chi connectivity index (χ4n) is 7.51. The summed E-state index contributed by atoms with van der Waals surface area (Å²) in [5.74, 6) is -4.08. The summed E-state index contributed by atoms with van der Waals surface area (Å²) in [6, 6.07) is 10.8. The number of ketones is 2. The molecule has 0 aliphatic carbocycles. The number of nitrogens with zero attached hydrogens (tertiary/aromatic N) is 4. The van der Waals surface area contributed by atoms with E-state index in [0.717, 1.165) is 11.1 Å². The number of hydrogen-bond acceptors (Lipinski definition) is 10. The van der Waals surface area contributed by atoms with Crippen LogP contribution in [0.25, 0.3) is 11.1 Å². The number of halogens is 2. The monoisotopic (exact) mass is 954 g/mol. The van der Waals surface area contributed by atoms with Crippen LogP contribution in [0.2, 0.25) is 0 Å². The van der Waals surface area contributed by atoms with E-state index in [0.29, 0.717) is 67.9 Å². The van der Waals surface area contributed by atoms with Crippen molar-refractivity contribution in [3.63, 3.8) is 0 Å². The number of nitrogens with one attached hydrogen (secondary N) is 2. The van der Waals surface area contributed by atoms with Gasteiger partial charge >= 0.3 is 11.9 Å². The molecule has 0 unspecified atom stereocenters. The van der Waals surface area contributed by atoms with E-state index >= 15 is 0 Å². The van der Waals surface area contributed by atoms with Gasteiger partial charge in [-0.05, 0) is 106 Å². The van der Waals surface area contributed by atoms with E-state index in [1.165, 1.54) is 0 Å². The second-order valence-corrected chi connectivity index (χ2v) is 19.3. The highest BCUT2D eigenvalue weighted by Crippen LogP contribution is 2.38. The number of rotatable bonds is 14. The normalized spacial score (nSPS) is 16.4. The number of aliphatic imine (C=N–C) groups is 4. The maximum atomic E-state index is 13.7. The lowest BCUT2D eigenvalue weighted by atomic mass is 9.83. The van der Waals surface area contributed by atoms with Crippen molar-refractivity contribution in [2.75, 3.05) is 13.1 Å². The zero-order valence-electron chi connectivity index (χ0n) is 38.2. The van der Waals surface area contributed by atoms with Gasteiger partial charge in [-0.3, -0.25) is 28.8 Å². The predicted molar refractivity (Wildman–Crippen MR) is 265 cm³/mol. The number of Topliss-reactive ketones (excluding diaryl/α,β-unsaturated/α-hetero) is 2. The number of fused-ring (bicyclic) bond motifs is 4. The molecular formula is C52H48Cl2N6O8. The molecule has 2 aromatic carbocycles. The number of hydrogen-bond donors (Lipinski definition) is 4. The van der Waals surface area contributed by atoms with Crippen LogP contribution in [0.3, 0.4) is 0 Å². The van der Waals surface area contributed by atoms with Gasteiger partial charge in [0.25, 0.3) is 11.8 Å². The van der Waals surface area contributed by atoms with Crippen LogP contribution in [0, 0.1) is 0 Å². The minimum Gasteiger partial charge on any atom is -0.481 e. The van der Waals surface area contributed by atoms with E-state index in [-0.39, 0.29) is 60.0 Å². The molecule has 0 aromatic heterocycles. The number of aliphatic carboxylic acids is 2. The van der Waals surface area contributed by atoms with E-state index < -0.39 is 46.1 Å². The van der Waals surface area contributed by atoms with Crippen LogP contribution in [-0.4, -0.2) is 81.5 Å². The summed E-state index contributed by atoms with van der Waals surface area (Å²) in [6.07, 6.45) is 13.1. The third kappa shape index (κ3) is 11.2. The SMILES string of the molecule is CC(C)(C)c1cc(C(=O)NCC(=O)CCC(=O)O)cc(C2=C3C=CC(=N3)C(Cl)=C3C=CC(=N3)C(c3cc(C(=O)NCC(=O)CCC(=O)O)cc(C(C)(C)C)c3)=C3C=CC(=N3)C(Cl)=C3C=CC2=N3)c1. The quantitative estimate of drug-likeness (QED) is 0.143. The van der Waals surface area contributed by atoms with Crippen molar-refractivity contribution in [2.24, 2.45) is 20.0 Å². The first-order valence-electron chi connectivity index (χ1n) is 21.8. The minimum absolute atomic E-state index is 0.212. The molecule has 0 saturated heterocycles. The van der Waals surface area contributed by atoms with Crippen LogP contribution in [-0.2, 0) is 30.0 Å². The Kier molecular flexibility index (Phi) is 14.0. The van der Waals surface area contributed by atoms with Crippen molar-refractivity contribution in [1.82, 2.24) is 10.6 Å². The van der Waals surface area contributed by atoms with Gasteiger partial charge in [0.05, 0.1) is 81.6 Å². The molecule has 5 aliphatic rings. The Labute approximate surface area is 402 Å². The molecule has 348 valence electrons. The molecule has 16 heteroatoms. The summed E-state index contributed by atoms with van der Waals surface area (Å²) >= 11 is 14.3. The van der Waals surface area contributed by atoms with E-state index in [4.69, 9.17) is 53.4 Å². The van der Waals surface area contributed by atoms with Gasteiger partial charge in [-0.25, -0.2) is 20.0 Å². The first-order valence-corrected chi connectivity index (χ1v) is 22.5. The third-order valence-electron chi connectivity index (χ3n) is 11.3. The number of benzene rings is 2.